The standard InChI is InChI=1S/C23H25N3O7S/c1-14(2)21(26-34(28,29)17-8-9-18-19(12-17)31-11-10-30-18)23(27)32-13-20-24-22(25-33-20)16-6-4-15(3)5-7-16/h4-9,12,14,21,26H,10-11,13H2,1-3H3/t21-/m1/s1. The van der Waals surface area contributed by atoms with E-state index in [-0.39, 0.29) is 23.3 Å². The Morgan fingerprint density at radius 3 is 2.50 bits per heavy atom. The average Bonchev–Trinajstić information content (AvgIpc) is 3.30. The van der Waals surface area contributed by atoms with Gasteiger partial charge in [-0.15, -0.1) is 0 Å². The molecule has 0 radical (unpaired) electrons. The van der Waals surface area contributed by atoms with Crippen LogP contribution in [0.15, 0.2) is 51.9 Å². The van der Waals surface area contributed by atoms with E-state index in [4.69, 9.17) is 18.7 Å². The van der Waals surface area contributed by atoms with E-state index in [1.54, 1.807) is 13.8 Å². The Morgan fingerprint density at radius 1 is 1.09 bits per heavy atom. The molecule has 34 heavy (non-hydrogen) atoms. The Hall–Kier alpha value is -3.44. The minimum absolute atomic E-state index is 0.0464. The summed E-state index contributed by atoms with van der Waals surface area (Å²) in [5, 5.41) is 3.90. The van der Waals surface area contributed by atoms with Crippen molar-refractivity contribution in [3.8, 4) is 22.9 Å². The summed E-state index contributed by atoms with van der Waals surface area (Å²) in [4.78, 5) is 16.9. The first-order chi connectivity index (χ1) is 16.2. The fourth-order valence-electron chi connectivity index (χ4n) is 3.24. The van der Waals surface area contributed by atoms with Crippen LogP contribution in [0, 0.1) is 12.8 Å². The number of carbonyl (C=O) groups is 1. The Kier molecular flexibility index (Phi) is 6.85. The minimum atomic E-state index is -4.04. The van der Waals surface area contributed by atoms with Crippen molar-refractivity contribution in [2.75, 3.05) is 13.2 Å². The third-order valence-electron chi connectivity index (χ3n) is 5.14. The van der Waals surface area contributed by atoms with Gasteiger partial charge in [-0.1, -0.05) is 48.8 Å². The summed E-state index contributed by atoms with van der Waals surface area (Å²) in [7, 11) is -4.04. The second-order valence-electron chi connectivity index (χ2n) is 8.13. The van der Waals surface area contributed by atoms with Crippen molar-refractivity contribution in [1.82, 2.24) is 14.9 Å². The molecule has 11 heteroatoms. The van der Waals surface area contributed by atoms with Crippen molar-refractivity contribution >= 4 is 16.0 Å². The molecule has 1 aliphatic heterocycles. The van der Waals surface area contributed by atoms with Crippen LogP contribution in [0.1, 0.15) is 25.3 Å². The molecule has 1 atom stereocenters. The molecule has 2 aromatic carbocycles. The maximum Gasteiger partial charge on any atom is 0.324 e. The van der Waals surface area contributed by atoms with Gasteiger partial charge in [0.25, 0.3) is 5.89 Å². The van der Waals surface area contributed by atoms with Crippen molar-refractivity contribution in [3.05, 3.63) is 53.9 Å². The first-order valence-electron chi connectivity index (χ1n) is 10.7. The van der Waals surface area contributed by atoms with Gasteiger partial charge in [-0.25, -0.2) is 8.42 Å². The number of rotatable bonds is 8. The van der Waals surface area contributed by atoms with Crippen molar-refractivity contribution in [2.45, 2.75) is 38.3 Å². The summed E-state index contributed by atoms with van der Waals surface area (Å²) < 4.78 is 49.6. The molecular formula is C23H25N3O7S. The van der Waals surface area contributed by atoms with E-state index in [1.807, 2.05) is 31.2 Å². The van der Waals surface area contributed by atoms with Crippen LogP contribution in [-0.4, -0.2) is 43.8 Å². The minimum Gasteiger partial charge on any atom is -0.486 e. The molecule has 1 aromatic heterocycles. The zero-order chi connectivity index (χ0) is 24.3. The summed E-state index contributed by atoms with van der Waals surface area (Å²) in [6, 6.07) is 10.7. The first-order valence-corrected chi connectivity index (χ1v) is 12.2. The van der Waals surface area contributed by atoms with Crippen LogP contribution in [-0.2, 0) is 26.2 Å². The summed E-state index contributed by atoms with van der Waals surface area (Å²) in [6.07, 6.45) is 0. The van der Waals surface area contributed by atoms with E-state index in [0.29, 0.717) is 30.5 Å². The highest BCUT2D eigenvalue weighted by atomic mass is 32.2. The smallest absolute Gasteiger partial charge is 0.324 e. The maximum atomic E-state index is 12.9. The Bertz CT molecular complexity index is 1270. The van der Waals surface area contributed by atoms with E-state index >= 15 is 0 Å². The summed E-state index contributed by atoms with van der Waals surface area (Å²) in [5.74, 6) is 0.122. The first kappa shape index (κ1) is 23.7. The van der Waals surface area contributed by atoms with Crippen molar-refractivity contribution in [2.24, 2.45) is 5.92 Å². The van der Waals surface area contributed by atoms with E-state index in [0.717, 1.165) is 11.1 Å². The zero-order valence-corrected chi connectivity index (χ0v) is 19.8. The molecule has 1 aliphatic rings. The monoisotopic (exact) mass is 487 g/mol. The van der Waals surface area contributed by atoms with Crippen LogP contribution in [0.3, 0.4) is 0 Å². The van der Waals surface area contributed by atoms with Gasteiger partial charge in [0, 0.05) is 11.6 Å². The van der Waals surface area contributed by atoms with Gasteiger partial charge in [-0.05, 0) is 25.0 Å². The van der Waals surface area contributed by atoms with Crippen LogP contribution in [0.2, 0.25) is 0 Å². The van der Waals surface area contributed by atoms with Gasteiger partial charge >= 0.3 is 5.97 Å². The molecule has 0 unspecified atom stereocenters. The summed E-state index contributed by atoms with van der Waals surface area (Å²) in [6.45, 7) is 5.82. The predicted octanol–water partition coefficient (Wildman–Crippen LogP) is 2.86. The average molecular weight is 488 g/mol. The number of aromatic nitrogens is 2. The number of esters is 1. The molecule has 180 valence electrons. The second kappa shape index (κ2) is 9.82. The number of hydrogen-bond donors (Lipinski definition) is 1. The molecule has 0 bridgehead atoms. The lowest BCUT2D eigenvalue weighted by Crippen LogP contribution is -2.45. The van der Waals surface area contributed by atoms with Gasteiger partial charge in [0.15, 0.2) is 18.1 Å². The molecule has 0 fully saturated rings. The fraction of sp³-hybridized carbons (Fsp3) is 0.348. The maximum absolute atomic E-state index is 12.9. The second-order valence-corrected chi connectivity index (χ2v) is 9.85. The number of nitrogens with one attached hydrogen (secondary N) is 1. The molecule has 0 amide bonds. The topological polar surface area (TPSA) is 130 Å². The van der Waals surface area contributed by atoms with Gasteiger partial charge in [-0.2, -0.15) is 9.71 Å². The summed E-state index contributed by atoms with van der Waals surface area (Å²) in [5.41, 5.74) is 1.86. The lowest BCUT2D eigenvalue weighted by molar-refractivity contribution is -0.148. The molecule has 0 spiro atoms. The van der Waals surface area contributed by atoms with E-state index in [1.165, 1.54) is 18.2 Å². The highest BCUT2D eigenvalue weighted by molar-refractivity contribution is 7.89. The van der Waals surface area contributed by atoms with Crippen LogP contribution < -0.4 is 14.2 Å². The number of ether oxygens (including phenoxy) is 3. The number of sulfonamides is 1. The molecule has 0 aliphatic carbocycles. The normalized spacial score (nSPS) is 14.1. The number of benzene rings is 2. The quantitative estimate of drug-likeness (QED) is 0.477. The van der Waals surface area contributed by atoms with Gasteiger partial charge in [0.1, 0.15) is 19.3 Å². The van der Waals surface area contributed by atoms with E-state index in [9.17, 15) is 13.2 Å². The SMILES string of the molecule is Cc1ccc(-c2noc(COC(=O)[C@H](NS(=O)(=O)c3ccc4c(c3)OCCO4)C(C)C)n2)cc1. The third kappa shape index (κ3) is 5.37. The van der Waals surface area contributed by atoms with Crippen molar-refractivity contribution in [3.63, 3.8) is 0 Å². The van der Waals surface area contributed by atoms with Crippen LogP contribution in [0.4, 0.5) is 0 Å². The predicted molar refractivity (Wildman–Crippen MR) is 121 cm³/mol. The lowest BCUT2D eigenvalue weighted by Gasteiger charge is -2.22. The molecule has 4 rings (SSSR count). The van der Waals surface area contributed by atoms with Gasteiger partial charge in [0.05, 0.1) is 4.90 Å². The molecule has 0 saturated carbocycles. The molecular weight excluding hydrogens is 462 g/mol. The third-order valence-corrected chi connectivity index (χ3v) is 6.58. The fourth-order valence-corrected chi connectivity index (χ4v) is 4.59. The number of aryl methyl sites for hydroxylation is 1. The van der Waals surface area contributed by atoms with E-state index < -0.39 is 22.0 Å². The summed E-state index contributed by atoms with van der Waals surface area (Å²) >= 11 is 0. The van der Waals surface area contributed by atoms with Gasteiger partial charge < -0.3 is 18.7 Å². The highest BCUT2D eigenvalue weighted by Gasteiger charge is 2.31. The molecule has 1 N–H and O–H groups in total. The number of nitrogens with zero attached hydrogens (tertiary/aromatic N) is 2. The Morgan fingerprint density at radius 2 is 1.79 bits per heavy atom. The lowest BCUT2D eigenvalue weighted by atomic mass is 10.1. The molecule has 10 nitrogen and oxygen atoms in total. The number of carbonyl (C=O) groups excluding carboxylic acids is 1. The zero-order valence-electron chi connectivity index (χ0n) is 19.0. The number of fused-ring (bicyclic) bond motifs is 1. The van der Waals surface area contributed by atoms with E-state index in [2.05, 4.69) is 14.9 Å². The molecule has 3 aromatic rings. The molecule has 2 heterocycles. The Labute approximate surface area is 197 Å². The van der Waals surface area contributed by atoms with Crippen molar-refractivity contribution in [1.29, 1.82) is 0 Å². The van der Waals surface area contributed by atoms with Crippen molar-refractivity contribution < 1.29 is 31.9 Å². The van der Waals surface area contributed by atoms with Gasteiger partial charge in [0.2, 0.25) is 15.8 Å². The highest BCUT2D eigenvalue weighted by Crippen LogP contribution is 2.32. The van der Waals surface area contributed by atoms with Crippen LogP contribution in [0.5, 0.6) is 11.5 Å². The number of hydrogen-bond acceptors (Lipinski definition) is 9. The van der Waals surface area contributed by atoms with Gasteiger partial charge in [-0.3, -0.25) is 4.79 Å². The Balaban J connectivity index is 1.42. The van der Waals surface area contributed by atoms with Crippen LogP contribution >= 0.6 is 0 Å². The molecule has 0 saturated heterocycles. The largest absolute Gasteiger partial charge is 0.486 e. The van der Waals surface area contributed by atoms with Crippen LogP contribution in [0.25, 0.3) is 11.4 Å².